The van der Waals surface area contributed by atoms with Crippen LogP contribution < -0.4 is 5.32 Å². The quantitative estimate of drug-likeness (QED) is 0.762. The third-order valence-corrected chi connectivity index (χ3v) is 4.01. The van der Waals surface area contributed by atoms with Gasteiger partial charge < -0.3 is 10.1 Å². The highest BCUT2D eigenvalue weighted by Crippen LogP contribution is 2.32. The Morgan fingerprint density at radius 1 is 1.26 bits per heavy atom. The maximum atomic E-state index is 5.79. The zero-order valence-electron chi connectivity index (χ0n) is 13.1. The smallest absolute Gasteiger partial charge is 0.0841 e. The van der Waals surface area contributed by atoms with Gasteiger partial charge in [0.15, 0.2) is 0 Å². The van der Waals surface area contributed by atoms with Crippen LogP contribution in [0.2, 0.25) is 0 Å². The zero-order valence-corrected chi connectivity index (χ0v) is 13.1. The molecule has 0 spiro atoms. The lowest BCUT2D eigenvalue weighted by Crippen LogP contribution is -2.42. The van der Waals surface area contributed by atoms with Gasteiger partial charge in [-0.2, -0.15) is 0 Å². The minimum Gasteiger partial charge on any atom is -0.377 e. The van der Waals surface area contributed by atoms with E-state index >= 15 is 0 Å². The molecule has 1 N–H and O–H groups in total. The van der Waals surface area contributed by atoms with Crippen molar-refractivity contribution in [2.75, 3.05) is 13.7 Å². The van der Waals surface area contributed by atoms with Crippen molar-refractivity contribution in [2.45, 2.75) is 58.6 Å². The highest BCUT2D eigenvalue weighted by Gasteiger charge is 2.33. The van der Waals surface area contributed by atoms with Crippen LogP contribution in [0.3, 0.4) is 0 Å². The van der Waals surface area contributed by atoms with Gasteiger partial charge in [0.1, 0.15) is 0 Å². The largest absolute Gasteiger partial charge is 0.377 e. The molecule has 0 heterocycles. The average Bonchev–Trinajstić information content (AvgIpc) is 2.44. The monoisotopic (exact) mass is 263 g/mol. The Labute approximate surface area is 118 Å². The fourth-order valence-corrected chi connectivity index (χ4v) is 2.57. The van der Waals surface area contributed by atoms with E-state index in [1.807, 2.05) is 7.11 Å². The predicted octanol–water partition coefficient (Wildman–Crippen LogP) is 4.10. The van der Waals surface area contributed by atoms with Gasteiger partial charge in [-0.05, 0) is 37.4 Å². The van der Waals surface area contributed by atoms with Crippen molar-refractivity contribution in [1.29, 1.82) is 0 Å². The van der Waals surface area contributed by atoms with Gasteiger partial charge in [-0.3, -0.25) is 0 Å². The van der Waals surface area contributed by atoms with Gasteiger partial charge >= 0.3 is 0 Å². The van der Waals surface area contributed by atoms with Crippen LogP contribution in [0.15, 0.2) is 24.3 Å². The summed E-state index contributed by atoms with van der Waals surface area (Å²) in [6.45, 7) is 9.69. The first kappa shape index (κ1) is 16.2. The topological polar surface area (TPSA) is 21.3 Å². The molecule has 108 valence electrons. The predicted molar refractivity (Wildman–Crippen MR) is 82.6 cm³/mol. The van der Waals surface area contributed by atoms with Crippen molar-refractivity contribution in [3.63, 3.8) is 0 Å². The zero-order chi connectivity index (χ0) is 14.3. The molecule has 1 rings (SSSR count). The normalized spacial score (nSPS) is 16.1. The van der Waals surface area contributed by atoms with Crippen LogP contribution in [0.5, 0.6) is 0 Å². The van der Waals surface area contributed by atoms with Gasteiger partial charge in [0.25, 0.3) is 0 Å². The van der Waals surface area contributed by atoms with E-state index < -0.39 is 0 Å². The standard InChI is InChI=1S/C17H29NO/c1-6-10-14-11-9-12-15(13-14)16(18-8-3)17(4,7-2)19-5/h9,11-13,16,18H,6-8,10H2,1-5H3. The summed E-state index contributed by atoms with van der Waals surface area (Å²) in [6.07, 6.45) is 3.31. The van der Waals surface area contributed by atoms with E-state index in [4.69, 9.17) is 4.74 Å². The van der Waals surface area contributed by atoms with Crippen molar-refractivity contribution in [1.82, 2.24) is 5.32 Å². The molecular weight excluding hydrogens is 234 g/mol. The average molecular weight is 263 g/mol. The molecule has 0 bridgehead atoms. The SMILES string of the molecule is CCCc1cccc(C(NCC)C(C)(CC)OC)c1. The van der Waals surface area contributed by atoms with E-state index in [1.165, 1.54) is 17.5 Å². The van der Waals surface area contributed by atoms with Crippen molar-refractivity contribution < 1.29 is 4.74 Å². The van der Waals surface area contributed by atoms with Crippen molar-refractivity contribution in [3.05, 3.63) is 35.4 Å². The Balaban J connectivity index is 3.07. The summed E-state index contributed by atoms with van der Waals surface area (Å²) in [5.41, 5.74) is 2.58. The Morgan fingerprint density at radius 2 is 2.00 bits per heavy atom. The minimum absolute atomic E-state index is 0.166. The van der Waals surface area contributed by atoms with Gasteiger partial charge in [-0.25, -0.2) is 0 Å². The summed E-state index contributed by atoms with van der Waals surface area (Å²) in [6, 6.07) is 9.15. The molecule has 0 aromatic heterocycles. The van der Waals surface area contributed by atoms with Crippen LogP contribution >= 0.6 is 0 Å². The summed E-state index contributed by atoms with van der Waals surface area (Å²) >= 11 is 0. The lowest BCUT2D eigenvalue weighted by Gasteiger charge is -2.37. The van der Waals surface area contributed by atoms with E-state index in [-0.39, 0.29) is 11.6 Å². The lowest BCUT2D eigenvalue weighted by atomic mass is 9.86. The lowest BCUT2D eigenvalue weighted by molar-refractivity contribution is -0.0296. The minimum atomic E-state index is -0.166. The fraction of sp³-hybridized carbons (Fsp3) is 0.647. The molecule has 0 aliphatic rings. The Morgan fingerprint density at radius 3 is 2.53 bits per heavy atom. The highest BCUT2D eigenvalue weighted by molar-refractivity contribution is 5.28. The van der Waals surface area contributed by atoms with Crippen LogP contribution in [0.1, 0.15) is 57.7 Å². The molecule has 2 unspecified atom stereocenters. The van der Waals surface area contributed by atoms with E-state index in [9.17, 15) is 0 Å². The van der Waals surface area contributed by atoms with E-state index in [0.717, 1.165) is 19.4 Å². The van der Waals surface area contributed by atoms with Crippen molar-refractivity contribution in [2.24, 2.45) is 0 Å². The highest BCUT2D eigenvalue weighted by atomic mass is 16.5. The summed E-state index contributed by atoms with van der Waals surface area (Å²) in [5.74, 6) is 0. The molecule has 0 aliphatic carbocycles. The molecule has 1 aromatic rings. The van der Waals surface area contributed by atoms with E-state index in [1.54, 1.807) is 0 Å². The Bertz CT molecular complexity index is 371. The molecule has 0 radical (unpaired) electrons. The molecule has 2 atom stereocenters. The Hall–Kier alpha value is -0.860. The number of likely N-dealkylation sites (N-methyl/N-ethyl adjacent to an activating group) is 1. The molecular formula is C17H29NO. The Kier molecular flexibility index (Phi) is 6.53. The maximum absolute atomic E-state index is 5.79. The van der Waals surface area contributed by atoms with Crippen LogP contribution in [0.25, 0.3) is 0 Å². The molecule has 0 aliphatic heterocycles. The first-order valence-electron chi connectivity index (χ1n) is 7.48. The molecule has 0 fully saturated rings. The summed E-state index contributed by atoms with van der Waals surface area (Å²) in [7, 11) is 1.81. The number of hydrogen-bond donors (Lipinski definition) is 1. The number of hydrogen-bond acceptors (Lipinski definition) is 2. The van der Waals surface area contributed by atoms with Crippen LogP contribution in [0.4, 0.5) is 0 Å². The summed E-state index contributed by atoms with van der Waals surface area (Å²) in [4.78, 5) is 0. The first-order valence-corrected chi connectivity index (χ1v) is 7.48. The number of benzene rings is 1. The number of nitrogens with one attached hydrogen (secondary N) is 1. The second kappa shape index (κ2) is 7.66. The molecule has 19 heavy (non-hydrogen) atoms. The van der Waals surface area contributed by atoms with Crippen LogP contribution in [-0.2, 0) is 11.2 Å². The first-order chi connectivity index (χ1) is 9.11. The van der Waals surface area contributed by atoms with Crippen LogP contribution in [-0.4, -0.2) is 19.3 Å². The van der Waals surface area contributed by atoms with Crippen molar-refractivity contribution >= 4 is 0 Å². The fourth-order valence-electron chi connectivity index (χ4n) is 2.57. The number of methoxy groups -OCH3 is 1. The number of rotatable bonds is 8. The summed E-state index contributed by atoms with van der Waals surface area (Å²) in [5, 5.41) is 3.59. The third kappa shape index (κ3) is 4.05. The third-order valence-electron chi connectivity index (χ3n) is 4.01. The van der Waals surface area contributed by atoms with E-state index in [0.29, 0.717) is 0 Å². The van der Waals surface area contributed by atoms with Gasteiger partial charge in [-0.1, -0.05) is 51.5 Å². The van der Waals surface area contributed by atoms with Crippen LogP contribution in [0, 0.1) is 0 Å². The summed E-state index contributed by atoms with van der Waals surface area (Å²) < 4.78 is 5.79. The van der Waals surface area contributed by atoms with Gasteiger partial charge in [0.2, 0.25) is 0 Å². The molecule has 2 nitrogen and oxygen atoms in total. The molecule has 0 saturated carbocycles. The molecule has 0 amide bonds. The molecule has 0 saturated heterocycles. The second-order valence-electron chi connectivity index (χ2n) is 5.36. The number of aryl methyl sites for hydroxylation is 1. The molecule has 2 heteroatoms. The van der Waals surface area contributed by atoms with Gasteiger partial charge in [0, 0.05) is 7.11 Å². The van der Waals surface area contributed by atoms with Gasteiger partial charge in [-0.15, -0.1) is 0 Å². The molecule has 1 aromatic carbocycles. The number of ether oxygens (including phenoxy) is 1. The maximum Gasteiger partial charge on any atom is 0.0841 e. The van der Waals surface area contributed by atoms with Gasteiger partial charge in [0.05, 0.1) is 11.6 Å². The second-order valence-corrected chi connectivity index (χ2v) is 5.36. The van der Waals surface area contributed by atoms with Crippen molar-refractivity contribution in [3.8, 4) is 0 Å². The van der Waals surface area contributed by atoms with E-state index in [2.05, 4.69) is 57.3 Å².